The molecule has 3 nitrogen and oxygen atoms in total. The summed E-state index contributed by atoms with van der Waals surface area (Å²) in [5.41, 5.74) is 0. The van der Waals surface area contributed by atoms with Gasteiger partial charge in [-0.25, -0.2) is 4.98 Å². The zero-order chi connectivity index (χ0) is 9.64. The second-order valence-corrected chi connectivity index (χ2v) is 4.79. The number of halogens is 2. The van der Waals surface area contributed by atoms with Crippen molar-refractivity contribution in [2.75, 3.05) is 0 Å². The van der Waals surface area contributed by atoms with E-state index in [-0.39, 0.29) is 11.7 Å². The Hall–Kier alpha value is -0.540. The molecule has 1 atom stereocenters. The second-order valence-electron chi connectivity index (χ2n) is 3.24. The Balaban J connectivity index is 2.21. The van der Waals surface area contributed by atoms with Crippen molar-refractivity contribution in [3.05, 3.63) is 18.2 Å². The van der Waals surface area contributed by atoms with Gasteiger partial charge in [0.05, 0.1) is 5.92 Å². The van der Waals surface area contributed by atoms with Gasteiger partial charge in [-0.1, -0.05) is 0 Å². The number of rotatable bonds is 2. The van der Waals surface area contributed by atoms with Gasteiger partial charge in [0, 0.05) is 19.4 Å². The fourth-order valence-corrected chi connectivity index (χ4v) is 1.76. The van der Waals surface area contributed by atoms with Crippen LogP contribution in [0.25, 0.3) is 0 Å². The molecule has 0 amide bonds. The van der Waals surface area contributed by atoms with E-state index in [0.717, 1.165) is 0 Å². The first-order valence-corrected chi connectivity index (χ1v) is 4.67. The Morgan fingerprint density at radius 1 is 1.77 bits per heavy atom. The second kappa shape index (κ2) is 2.72. The molecule has 13 heavy (non-hydrogen) atoms. The molecule has 1 aromatic rings. The Labute approximate surface area is 85.7 Å². The van der Waals surface area contributed by atoms with Crippen molar-refractivity contribution in [3.63, 3.8) is 0 Å². The maximum Gasteiger partial charge on any atom is 0.204 e. The number of alkyl halides is 2. The van der Waals surface area contributed by atoms with Gasteiger partial charge < -0.3 is 4.57 Å². The van der Waals surface area contributed by atoms with Crippen molar-refractivity contribution in [1.29, 1.82) is 0 Å². The van der Waals surface area contributed by atoms with E-state index < -0.39 is 4.33 Å². The predicted molar refractivity (Wildman–Crippen MR) is 50.1 cm³/mol. The summed E-state index contributed by atoms with van der Waals surface area (Å²) in [6.45, 7) is 0. The van der Waals surface area contributed by atoms with E-state index in [9.17, 15) is 4.79 Å². The van der Waals surface area contributed by atoms with Gasteiger partial charge in [0.1, 0.15) is 4.33 Å². The van der Waals surface area contributed by atoms with E-state index in [0.29, 0.717) is 12.2 Å². The van der Waals surface area contributed by atoms with E-state index in [2.05, 4.69) is 4.98 Å². The third kappa shape index (κ3) is 1.46. The molecular weight excluding hydrogens is 211 g/mol. The zero-order valence-corrected chi connectivity index (χ0v) is 8.51. The molecule has 0 bridgehead atoms. The number of aryl methyl sites for hydroxylation is 1. The van der Waals surface area contributed by atoms with Crippen LogP contribution in [0.3, 0.4) is 0 Å². The van der Waals surface area contributed by atoms with Gasteiger partial charge >= 0.3 is 0 Å². The van der Waals surface area contributed by atoms with Crippen LogP contribution in [0.15, 0.2) is 12.4 Å². The highest BCUT2D eigenvalue weighted by molar-refractivity contribution is 6.52. The van der Waals surface area contributed by atoms with Crippen LogP contribution in [0.1, 0.15) is 17.0 Å². The Kier molecular flexibility index (Phi) is 1.89. The van der Waals surface area contributed by atoms with Gasteiger partial charge in [-0.05, 0) is 6.42 Å². The molecule has 1 fully saturated rings. The molecule has 1 aliphatic carbocycles. The molecule has 1 unspecified atom stereocenters. The minimum atomic E-state index is -0.858. The number of carbonyl (C=O) groups is 1. The maximum absolute atomic E-state index is 11.7. The van der Waals surface area contributed by atoms with Crippen LogP contribution in [0.4, 0.5) is 0 Å². The largest absolute Gasteiger partial charge is 0.332 e. The van der Waals surface area contributed by atoms with Crippen LogP contribution in [-0.2, 0) is 7.05 Å². The molecule has 2 rings (SSSR count). The lowest BCUT2D eigenvalue weighted by molar-refractivity contribution is 0.0953. The third-order valence-electron chi connectivity index (χ3n) is 2.18. The molecule has 1 saturated carbocycles. The number of ketones is 1. The average molecular weight is 219 g/mol. The molecule has 0 N–H and O–H groups in total. The standard InChI is InChI=1S/C8H8Cl2N2O/c1-12-3-2-11-7(12)6(13)5-4-8(5,9)10/h2-3,5H,4H2,1H3. The van der Waals surface area contributed by atoms with E-state index >= 15 is 0 Å². The lowest BCUT2D eigenvalue weighted by atomic mass is 10.2. The summed E-state index contributed by atoms with van der Waals surface area (Å²) < 4.78 is 0.813. The quantitative estimate of drug-likeness (QED) is 0.561. The van der Waals surface area contributed by atoms with E-state index in [1.165, 1.54) is 0 Å². The monoisotopic (exact) mass is 218 g/mol. The van der Waals surface area contributed by atoms with Gasteiger partial charge in [0.25, 0.3) is 0 Å². The van der Waals surface area contributed by atoms with Gasteiger partial charge in [0.2, 0.25) is 5.78 Å². The SMILES string of the molecule is Cn1ccnc1C(=O)C1CC1(Cl)Cl. The predicted octanol–water partition coefficient (Wildman–Crippen LogP) is 1.80. The Morgan fingerprint density at radius 2 is 2.38 bits per heavy atom. The fourth-order valence-electron chi connectivity index (χ4n) is 1.26. The highest BCUT2D eigenvalue weighted by atomic mass is 35.5. The molecule has 70 valence electrons. The molecule has 1 heterocycles. The summed E-state index contributed by atoms with van der Waals surface area (Å²) in [7, 11) is 1.77. The molecule has 0 radical (unpaired) electrons. The summed E-state index contributed by atoms with van der Waals surface area (Å²) in [6, 6.07) is 0. The van der Waals surface area contributed by atoms with Crippen LogP contribution >= 0.6 is 23.2 Å². The molecule has 5 heteroatoms. The lowest BCUT2D eigenvalue weighted by Gasteiger charge is -1.99. The maximum atomic E-state index is 11.7. The normalized spacial score (nSPS) is 24.4. The first kappa shape index (κ1) is 9.03. The van der Waals surface area contributed by atoms with Crippen molar-refractivity contribution in [3.8, 4) is 0 Å². The number of carbonyl (C=O) groups excluding carboxylic acids is 1. The molecule has 0 spiro atoms. The van der Waals surface area contributed by atoms with Crippen LogP contribution in [-0.4, -0.2) is 19.7 Å². The lowest BCUT2D eigenvalue weighted by Crippen LogP contribution is -2.12. The fraction of sp³-hybridized carbons (Fsp3) is 0.500. The van der Waals surface area contributed by atoms with Crippen LogP contribution in [0, 0.1) is 5.92 Å². The van der Waals surface area contributed by atoms with Crippen LogP contribution in [0.2, 0.25) is 0 Å². The van der Waals surface area contributed by atoms with Gasteiger partial charge in [-0.3, -0.25) is 4.79 Å². The minimum absolute atomic E-state index is 0.0718. The van der Waals surface area contributed by atoms with Gasteiger partial charge in [-0.2, -0.15) is 0 Å². The van der Waals surface area contributed by atoms with Crippen LogP contribution in [0.5, 0.6) is 0 Å². The summed E-state index contributed by atoms with van der Waals surface area (Å²) in [5.74, 6) is 0.0719. The molecular formula is C8H8Cl2N2O. The zero-order valence-electron chi connectivity index (χ0n) is 7.00. The Bertz CT molecular complexity index is 359. The highest BCUT2D eigenvalue weighted by Crippen LogP contribution is 2.54. The summed E-state index contributed by atoms with van der Waals surface area (Å²) >= 11 is 11.6. The minimum Gasteiger partial charge on any atom is -0.332 e. The van der Waals surface area contributed by atoms with Crippen molar-refractivity contribution >= 4 is 29.0 Å². The molecule has 1 aromatic heterocycles. The van der Waals surface area contributed by atoms with Crippen molar-refractivity contribution in [2.45, 2.75) is 10.8 Å². The molecule has 0 aromatic carbocycles. The molecule has 1 aliphatic rings. The number of Topliss-reactive ketones (excluding diaryl/α,β-unsaturated/α-hetero) is 1. The van der Waals surface area contributed by atoms with E-state index in [1.807, 2.05) is 0 Å². The highest BCUT2D eigenvalue weighted by Gasteiger charge is 2.57. The van der Waals surface area contributed by atoms with Gasteiger partial charge in [-0.15, -0.1) is 23.2 Å². The number of hydrogen-bond donors (Lipinski definition) is 0. The van der Waals surface area contributed by atoms with E-state index in [4.69, 9.17) is 23.2 Å². The number of imidazole rings is 1. The first-order valence-electron chi connectivity index (χ1n) is 3.92. The number of nitrogens with zero attached hydrogens (tertiary/aromatic N) is 2. The number of aromatic nitrogens is 2. The van der Waals surface area contributed by atoms with Gasteiger partial charge in [0.15, 0.2) is 5.82 Å². The summed E-state index contributed by atoms with van der Waals surface area (Å²) in [6.07, 6.45) is 3.83. The molecule has 0 aliphatic heterocycles. The van der Waals surface area contributed by atoms with E-state index in [1.54, 1.807) is 24.0 Å². The topological polar surface area (TPSA) is 34.9 Å². The third-order valence-corrected chi connectivity index (χ3v) is 3.02. The van der Waals surface area contributed by atoms with Crippen molar-refractivity contribution in [2.24, 2.45) is 13.0 Å². The van der Waals surface area contributed by atoms with Crippen molar-refractivity contribution < 1.29 is 4.79 Å². The first-order chi connectivity index (χ1) is 6.02. The molecule has 0 saturated heterocycles. The summed E-state index contributed by atoms with van der Waals surface area (Å²) in [4.78, 5) is 15.6. The van der Waals surface area contributed by atoms with Crippen LogP contribution < -0.4 is 0 Å². The smallest absolute Gasteiger partial charge is 0.204 e. The summed E-state index contributed by atoms with van der Waals surface area (Å²) in [5, 5.41) is 0. The number of hydrogen-bond acceptors (Lipinski definition) is 2. The Morgan fingerprint density at radius 3 is 2.77 bits per heavy atom. The van der Waals surface area contributed by atoms with Crippen molar-refractivity contribution in [1.82, 2.24) is 9.55 Å². The average Bonchev–Trinajstić information content (AvgIpc) is 2.49.